The summed E-state index contributed by atoms with van der Waals surface area (Å²) in [6, 6.07) is 3.23. The van der Waals surface area contributed by atoms with Crippen molar-refractivity contribution in [2.45, 2.75) is 12.5 Å². The fourth-order valence-electron chi connectivity index (χ4n) is 2.17. The average molecular weight is 283 g/mol. The number of carbonyl (C=O) groups excluding carboxylic acids is 1. The molecule has 108 valence electrons. The predicted octanol–water partition coefficient (Wildman–Crippen LogP) is 1.99. The minimum absolute atomic E-state index is 0.127. The van der Waals surface area contributed by atoms with Gasteiger partial charge < -0.3 is 15.0 Å². The third kappa shape index (κ3) is 2.95. The molecule has 0 unspecified atom stereocenters. The van der Waals surface area contributed by atoms with E-state index < -0.39 is 16.8 Å². The number of likely N-dealkylation sites (tertiary alicyclic amines) is 1. The second kappa shape index (κ2) is 5.72. The predicted molar refractivity (Wildman–Crippen MR) is 69.1 cm³/mol. The number of benzene rings is 1. The van der Waals surface area contributed by atoms with Crippen molar-refractivity contribution in [3.63, 3.8) is 0 Å². The molecular weight excluding hydrogens is 269 g/mol. The van der Waals surface area contributed by atoms with Gasteiger partial charge in [-0.25, -0.2) is 9.18 Å². The van der Waals surface area contributed by atoms with E-state index in [0.717, 1.165) is 12.1 Å². The highest BCUT2D eigenvalue weighted by Gasteiger charge is 2.28. The van der Waals surface area contributed by atoms with E-state index in [4.69, 9.17) is 0 Å². The SMILES string of the molecule is COC(=O)N1CC[C@@H](Nc2ccc(F)cc2[N+](=O)[O-])C1. The lowest BCUT2D eigenvalue weighted by atomic mass is 10.2. The quantitative estimate of drug-likeness (QED) is 0.677. The van der Waals surface area contributed by atoms with E-state index in [9.17, 15) is 19.3 Å². The molecule has 2 rings (SSSR count). The lowest BCUT2D eigenvalue weighted by molar-refractivity contribution is -0.384. The Morgan fingerprint density at radius 1 is 1.60 bits per heavy atom. The monoisotopic (exact) mass is 283 g/mol. The Balaban J connectivity index is 2.08. The topological polar surface area (TPSA) is 84.7 Å². The van der Waals surface area contributed by atoms with Crippen LogP contribution in [-0.4, -0.2) is 42.2 Å². The molecule has 1 aromatic carbocycles. The van der Waals surface area contributed by atoms with Gasteiger partial charge in [0.1, 0.15) is 11.5 Å². The molecule has 0 radical (unpaired) electrons. The molecule has 1 fully saturated rings. The lowest BCUT2D eigenvalue weighted by Crippen LogP contribution is -2.31. The second-order valence-electron chi connectivity index (χ2n) is 4.46. The summed E-state index contributed by atoms with van der Waals surface area (Å²) < 4.78 is 17.6. The maximum atomic E-state index is 13.0. The molecule has 1 aromatic rings. The summed E-state index contributed by atoms with van der Waals surface area (Å²) >= 11 is 0. The van der Waals surface area contributed by atoms with Crippen LogP contribution in [0, 0.1) is 15.9 Å². The van der Waals surface area contributed by atoms with Gasteiger partial charge in [-0.15, -0.1) is 0 Å². The van der Waals surface area contributed by atoms with Crippen molar-refractivity contribution in [1.82, 2.24) is 4.90 Å². The standard InChI is InChI=1S/C12H14FN3O4/c1-20-12(17)15-5-4-9(7-15)14-10-3-2-8(13)6-11(10)16(18)19/h2-3,6,9,14H,4-5,7H2,1H3/t9-/m1/s1. The Kier molecular flexibility index (Phi) is 4.02. The highest BCUT2D eigenvalue weighted by atomic mass is 19.1. The van der Waals surface area contributed by atoms with Gasteiger partial charge >= 0.3 is 6.09 Å². The number of nitro groups is 1. The molecular formula is C12H14FN3O4. The van der Waals surface area contributed by atoms with Crippen LogP contribution in [0.25, 0.3) is 0 Å². The van der Waals surface area contributed by atoms with E-state index in [0.29, 0.717) is 19.5 Å². The number of halogens is 1. The number of nitrogens with one attached hydrogen (secondary N) is 1. The Morgan fingerprint density at radius 2 is 2.35 bits per heavy atom. The maximum Gasteiger partial charge on any atom is 0.409 e. The van der Waals surface area contributed by atoms with Gasteiger partial charge in [0.05, 0.1) is 18.1 Å². The number of anilines is 1. The molecule has 20 heavy (non-hydrogen) atoms. The van der Waals surface area contributed by atoms with E-state index in [2.05, 4.69) is 10.1 Å². The summed E-state index contributed by atoms with van der Waals surface area (Å²) in [5.74, 6) is -0.662. The number of nitrogens with zero attached hydrogens (tertiary/aromatic N) is 2. The molecule has 1 N–H and O–H groups in total. The van der Waals surface area contributed by atoms with Gasteiger partial charge in [0, 0.05) is 19.1 Å². The third-order valence-corrected chi connectivity index (χ3v) is 3.14. The minimum atomic E-state index is -0.662. The Labute approximate surface area is 114 Å². The van der Waals surface area contributed by atoms with Crippen LogP contribution in [0.2, 0.25) is 0 Å². The molecule has 1 amide bonds. The van der Waals surface area contributed by atoms with Crippen LogP contribution < -0.4 is 5.32 Å². The summed E-state index contributed by atoms with van der Waals surface area (Å²) in [4.78, 5) is 23.1. The number of hydrogen-bond acceptors (Lipinski definition) is 5. The maximum absolute atomic E-state index is 13.0. The molecule has 0 aromatic heterocycles. The first-order valence-corrected chi connectivity index (χ1v) is 6.04. The molecule has 0 bridgehead atoms. The molecule has 8 heteroatoms. The first-order valence-electron chi connectivity index (χ1n) is 6.04. The Bertz CT molecular complexity index is 537. The van der Waals surface area contributed by atoms with Crippen LogP contribution in [0.15, 0.2) is 18.2 Å². The highest BCUT2D eigenvalue weighted by molar-refractivity contribution is 5.68. The van der Waals surface area contributed by atoms with E-state index >= 15 is 0 Å². The van der Waals surface area contributed by atoms with Crippen LogP contribution in [0.3, 0.4) is 0 Å². The largest absolute Gasteiger partial charge is 0.453 e. The number of methoxy groups -OCH3 is 1. The van der Waals surface area contributed by atoms with Crippen molar-refractivity contribution in [2.24, 2.45) is 0 Å². The van der Waals surface area contributed by atoms with E-state index in [-0.39, 0.29) is 17.4 Å². The smallest absolute Gasteiger partial charge is 0.409 e. The summed E-state index contributed by atoms with van der Waals surface area (Å²) in [5.41, 5.74) is -0.0744. The minimum Gasteiger partial charge on any atom is -0.453 e. The number of hydrogen-bond donors (Lipinski definition) is 1. The van der Waals surface area contributed by atoms with Crippen LogP contribution in [0.1, 0.15) is 6.42 Å². The van der Waals surface area contributed by atoms with Crippen molar-refractivity contribution in [3.05, 3.63) is 34.1 Å². The average Bonchev–Trinajstić information content (AvgIpc) is 2.88. The van der Waals surface area contributed by atoms with Gasteiger partial charge in [-0.1, -0.05) is 0 Å². The fraction of sp³-hybridized carbons (Fsp3) is 0.417. The zero-order valence-corrected chi connectivity index (χ0v) is 10.8. The lowest BCUT2D eigenvalue weighted by Gasteiger charge is -2.16. The van der Waals surface area contributed by atoms with Gasteiger partial charge in [0.2, 0.25) is 0 Å². The summed E-state index contributed by atoms with van der Waals surface area (Å²) in [6.45, 7) is 0.903. The van der Waals surface area contributed by atoms with E-state index in [1.807, 2.05) is 0 Å². The van der Waals surface area contributed by atoms with Crippen LogP contribution >= 0.6 is 0 Å². The summed E-state index contributed by atoms with van der Waals surface area (Å²) in [6.07, 6.45) is 0.215. The number of nitro benzene ring substituents is 1. The van der Waals surface area contributed by atoms with E-state index in [1.54, 1.807) is 0 Å². The van der Waals surface area contributed by atoms with Crippen LogP contribution in [0.5, 0.6) is 0 Å². The summed E-state index contributed by atoms with van der Waals surface area (Å²) in [7, 11) is 1.30. The normalized spacial score (nSPS) is 17.9. The van der Waals surface area contributed by atoms with Gasteiger partial charge in [0.25, 0.3) is 5.69 Å². The van der Waals surface area contributed by atoms with Crippen LogP contribution in [-0.2, 0) is 4.74 Å². The van der Waals surface area contributed by atoms with Gasteiger partial charge in [-0.05, 0) is 18.6 Å². The number of ether oxygens (including phenoxy) is 1. The number of amides is 1. The van der Waals surface area contributed by atoms with Crippen LogP contribution in [0.4, 0.5) is 20.6 Å². The zero-order chi connectivity index (χ0) is 14.7. The first kappa shape index (κ1) is 14.0. The second-order valence-corrected chi connectivity index (χ2v) is 4.46. The van der Waals surface area contributed by atoms with Crippen molar-refractivity contribution in [1.29, 1.82) is 0 Å². The Morgan fingerprint density at radius 3 is 3.00 bits per heavy atom. The van der Waals surface area contributed by atoms with Crippen molar-refractivity contribution >= 4 is 17.5 Å². The highest BCUT2D eigenvalue weighted by Crippen LogP contribution is 2.27. The first-order chi connectivity index (χ1) is 9.51. The molecule has 0 spiro atoms. The van der Waals surface area contributed by atoms with Gasteiger partial charge in [0.15, 0.2) is 0 Å². The molecule has 1 aliphatic rings. The molecule has 0 aliphatic carbocycles. The molecule has 1 atom stereocenters. The van der Waals surface area contributed by atoms with Crippen molar-refractivity contribution < 1.29 is 18.8 Å². The summed E-state index contributed by atoms with van der Waals surface area (Å²) in [5, 5.41) is 13.9. The van der Waals surface area contributed by atoms with Gasteiger partial charge in [-0.2, -0.15) is 0 Å². The molecule has 7 nitrogen and oxygen atoms in total. The van der Waals surface area contributed by atoms with Crippen molar-refractivity contribution in [3.8, 4) is 0 Å². The van der Waals surface area contributed by atoms with Crippen molar-refractivity contribution in [2.75, 3.05) is 25.5 Å². The fourth-order valence-corrected chi connectivity index (χ4v) is 2.17. The van der Waals surface area contributed by atoms with E-state index in [1.165, 1.54) is 18.1 Å². The van der Waals surface area contributed by atoms with Gasteiger partial charge in [-0.3, -0.25) is 10.1 Å². The number of rotatable bonds is 3. The zero-order valence-electron chi connectivity index (χ0n) is 10.8. The molecule has 1 aliphatic heterocycles. The molecule has 0 saturated carbocycles. The Hall–Kier alpha value is -2.38. The number of carbonyl (C=O) groups is 1. The third-order valence-electron chi connectivity index (χ3n) is 3.14. The molecule has 1 heterocycles. The molecule has 1 saturated heterocycles.